The van der Waals surface area contributed by atoms with Crippen molar-refractivity contribution in [1.82, 2.24) is 15.0 Å². The highest BCUT2D eigenvalue weighted by Crippen LogP contribution is 2.44. The van der Waals surface area contributed by atoms with Crippen molar-refractivity contribution in [2.45, 2.75) is 0 Å². The molecule has 0 aliphatic carbocycles. The van der Waals surface area contributed by atoms with Crippen molar-refractivity contribution in [2.75, 3.05) is 0 Å². The van der Waals surface area contributed by atoms with Gasteiger partial charge in [0.15, 0.2) is 17.5 Å². The standard InChI is InChI=1S/C51H31N3OS/c1-3-13-34(14-4-1)49-52-50(35-15-5-2-6-16-35)54-51(53-49)37-18-11-17-36(31-37)38-29-30-39(47-46(38)43-20-7-9-23-44(43)55-47)32-25-27-33(28-26-32)40-21-12-22-42-41-19-8-10-24-45(41)56-48(40)42/h1-31H. The van der Waals surface area contributed by atoms with Crippen LogP contribution in [0.1, 0.15) is 0 Å². The van der Waals surface area contributed by atoms with E-state index in [1.165, 1.54) is 31.3 Å². The van der Waals surface area contributed by atoms with Gasteiger partial charge in [0.1, 0.15) is 11.2 Å². The van der Waals surface area contributed by atoms with E-state index in [2.05, 4.69) is 121 Å². The molecular formula is C51H31N3OS. The second kappa shape index (κ2) is 13.3. The molecule has 3 aromatic heterocycles. The van der Waals surface area contributed by atoms with Gasteiger partial charge in [-0.2, -0.15) is 0 Å². The zero-order valence-corrected chi connectivity index (χ0v) is 30.9. The fraction of sp³-hybridized carbons (Fsp3) is 0. The summed E-state index contributed by atoms with van der Waals surface area (Å²) in [5, 5.41) is 4.78. The van der Waals surface area contributed by atoms with Crippen LogP contribution in [0.3, 0.4) is 0 Å². The lowest BCUT2D eigenvalue weighted by Crippen LogP contribution is -2.00. The number of furan rings is 1. The third-order valence-electron chi connectivity index (χ3n) is 10.6. The zero-order valence-electron chi connectivity index (χ0n) is 30.1. The monoisotopic (exact) mass is 733 g/mol. The predicted octanol–water partition coefficient (Wildman–Crippen LogP) is 14.1. The van der Waals surface area contributed by atoms with Crippen LogP contribution in [0, 0.1) is 0 Å². The van der Waals surface area contributed by atoms with Gasteiger partial charge in [0.2, 0.25) is 0 Å². The van der Waals surface area contributed by atoms with Crippen LogP contribution in [-0.4, -0.2) is 15.0 Å². The molecule has 0 unspecified atom stereocenters. The van der Waals surface area contributed by atoms with Crippen molar-refractivity contribution in [3.63, 3.8) is 0 Å². The highest BCUT2D eigenvalue weighted by molar-refractivity contribution is 7.26. The van der Waals surface area contributed by atoms with E-state index in [0.29, 0.717) is 17.5 Å². The quantitative estimate of drug-likeness (QED) is 0.171. The molecule has 0 atom stereocenters. The second-order valence-electron chi connectivity index (χ2n) is 13.9. The van der Waals surface area contributed by atoms with E-state index in [1.807, 2.05) is 78.1 Å². The number of hydrogen-bond donors (Lipinski definition) is 0. The number of thiophene rings is 1. The smallest absolute Gasteiger partial charge is 0.164 e. The minimum atomic E-state index is 0.621. The van der Waals surface area contributed by atoms with Gasteiger partial charge in [0.05, 0.1) is 0 Å². The van der Waals surface area contributed by atoms with Crippen LogP contribution >= 0.6 is 11.3 Å². The first kappa shape index (κ1) is 32.2. The fourth-order valence-corrected chi connectivity index (χ4v) is 9.10. The Morgan fingerprint density at radius 1 is 0.357 bits per heavy atom. The second-order valence-corrected chi connectivity index (χ2v) is 15.0. The summed E-state index contributed by atoms with van der Waals surface area (Å²) in [4.78, 5) is 14.9. The molecule has 5 heteroatoms. The van der Waals surface area contributed by atoms with Gasteiger partial charge >= 0.3 is 0 Å². The maximum Gasteiger partial charge on any atom is 0.164 e. The van der Waals surface area contributed by atoms with Crippen molar-refractivity contribution in [3.05, 3.63) is 188 Å². The molecule has 0 saturated heterocycles. The van der Waals surface area contributed by atoms with Crippen molar-refractivity contribution in [1.29, 1.82) is 0 Å². The first-order chi connectivity index (χ1) is 27.7. The Kier molecular flexibility index (Phi) is 7.64. The van der Waals surface area contributed by atoms with Gasteiger partial charge in [-0.25, -0.2) is 15.0 Å². The number of nitrogens with zero attached hydrogens (tertiary/aromatic N) is 3. The van der Waals surface area contributed by atoms with Crippen molar-refractivity contribution in [2.24, 2.45) is 0 Å². The summed E-state index contributed by atoms with van der Waals surface area (Å²) < 4.78 is 9.35. The molecule has 262 valence electrons. The average molecular weight is 734 g/mol. The molecule has 0 bridgehead atoms. The molecule has 0 aliphatic rings. The lowest BCUT2D eigenvalue weighted by Gasteiger charge is -2.12. The predicted molar refractivity (Wildman–Crippen MR) is 233 cm³/mol. The van der Waals surface area contributed by atoms with E-state index >= 15 is 0 Å². The molecule has 11 aromatic rings. The molecule has 0 N–H and O–H groups in total. The largest absolute Gasteiger partial charge is 0.455 e. The summed E-state index contributed by atoms with van der Waals surface area (Å²) in [5.74, 6) is 1.90. The Bertz CT molecular complexity index is 3180. The fourth-order valence-electron chi connectivity index (χ4n) is 7.86. The normalized spacial score (nSPS) is 11.6. The van der Waals surface area contributed by atoms with Crippen LogP contribution in [-0.2, 0) is 0 Å². The van der Waals surface area contributed by atoms with Gasteiger partial charge in [0, 0.05) is 53.2 Å². The van der Waals surface area contributed by atoms with Gasteiger partial charge < -0.3 is 4.42 Å². The summed E-state index contributed by atoms with van der Waals surface area (Å²) in [6, 6.07) is 65.6. The third-order valence-corrected chi connectivity index (χ3v) is 11.8. The molecule has 3 heterocycles. The molecule has 0 radical (unpaired) electrons. The first-order valence-corrected chi connectivity index (χ1v) is 19.5. The van der Waals surface area contributed by atoms with E-state index in [4.69, 9.17) is 19.4 Å². The summed E-state index contributed by atoms with van der Waals surface area (Å²) in [7, 11) is 0. The Balaban J connectivity index is 1.02. The lowest BCUT2D eigenvalue weighted by atomic mass is 9.93. The van der Waals surface area contributed by atoms with Crippen molar-refractivity contribution >= 4 is 53.4 Å². The minimum absolute atomic E-state index is 0.621. The summed E-state index contributed by atoms with van der Waals surface area (Å²) >= 11 is 1.86. The van der Waals surface area contributed by atoms with Crippen LogP contribution in [0.2, 0.25) is 0 Å². The molecule has 4 nitrogen and oxygen atoms in total. The average Bonchev–Trinajstić information content (AvgIpc) is 3.86. The maximum absolute atomic E-state index is 6.72. The zero-order chi connectivity index (χ0) is 37.0. The minimum Gasteiger partial charge on any atom is -0.455 e. The van der Waals surface area contributed by atoms with Crippen LogP contribution in [0.25, 0.3) is 110 Å². The molecule has 0 aliphatic heterocycles. The third kappa shape index (κ3) is 5.48. The topological polar surface area (TPSA) is 51.8 Å². The highest BCUT2D eigenvalue weighted by atomic mass is 32.1. The van der Waals surface area contributed by atoms with Crippen LogP contribution in [0.5, 0.6) is 0 Å². The molecule has 0 fully saturated rings. The lowest BCUT2D eigenvalue weighted by molar-refractivity contribution is 0.670. The summed E-state index contributed by atoms with van der Waals surface area (Å²) in [6.45, 7) is 0. The van der Waals surface area contributed by atoms with E-state index < -0.39 is 0 Å². The van der Waals surface area contributed by atoms with E-state index in [9.17, 15) is 0 Å². The SMILES string of the molecule is c1ccc(-c2nc(-c3ccccc3)nc(-c3cccc(-c4ccc(-c5ccc(-c6cccc7c6sc6ccccc67)cc5)c5oc6ccccc6c45)c3)n2)cc1. The Hall–Kier alpha value is -7.21. The summed E-state index contributed by atoms with van der Waals surface area (Å²) in [6.07, 6.45) is 0. The molecule has 0 spiro atoms. The van der Waals surface area contributed by atoms with Crippen LogP contribution in [0.15, 0.2) is 192 Å². The Morgan fingerprint density at radius 2 is 0.893 bits per heavy atom. The van der Waals surface area contributed by atoms with Crippen LogP contribution in [0.4, 0.5) is 0 Å². The molecule has 11 rings (SSSR count). The number of para-hydroxylation sites is 1. The number of hydrogen-bond acceptors (Lipinski definition) is 5. The first-order valence-electron chi connectivity index (χ1n) is 18.7. The van der Waals surface area contributed by atoms with E-state index in [1.54, 1.807) is 0 Å². The van der Waals surface area contributed by atoms with Gasteiger partial charge in [-0.05, 0) is 52.1 Å². The van der Waals surface area contributed by atoms with Crippen molar-refractivity contribution in [3.8, 4) is 67.5 Å². The number of aromatic nitrogens is 3. The van der Waals surface area contributed by atoms with Gasteiger partial charge in [-0.15, -0.1) is 11.3 Å². The molecule has 0 amide bonds. The molecular weight excluding hydrogens is 703 g/mol. The maximum atomic E-state index is 6.72. The highest BCUT2D eigenvalue weighted by Gasteiger charge is 2.19. The van der Waals surface area contributed by atoms with Crippen LogP contribution < -0.4 is 0 Å². The molecule has 0 saturated carbocycles. The van der Waals surface area contributed by atoms with E-state index in [0.717, 1.165) is 60.9 Å². The Labute approximate surface area is 327 Å². The van der Waals surface area contributed by atoms with Gasteiger partial charge in [-0.1, -0.05) is 164 Å². The van der Waals surface area contributed by atoms with Gasteiger partial charge in [-0.3, -0.25) is 0 Å². The Morgan fingerprint density at radius 3 is 1.62 bits per heavy atom. The van der Waals surface area contributed by atoms with E-state index in [-0.39, 0.29) is 0 Å². The molecule has 8 aromatic carbocycles. The number of benzene rings is 8. The van der Waals surface area contributed by atoms with Gasteiger partial charge in [0.25, 0.3) is 0 Å². The number of fused-ring (bicyclic) bond motifs is 6. The number of rotatable bonds is 6. The summed E-state index contributed by atoms with van der Waals surface area (Å²) in [5.41, 5.74) is 11.3. The van der Waals surface area contributed by atoms with Crippen molar-refractivity contribution < 1.29 is 4.42 Å². The molecule has 56 heavy (non-hydrogen) atoms.